The van der Waals surface area contributed by atoms with Gasteiger partial charge in [-0.15, -0.1) is 5.10 Å². The van der Waals surface area contributed by atoms with Crippen LogP contribution in [0.4, 0.5) is 11.8 Å². The molecular formula is C14H18N6O. The van der Waals surface area contributed by atoms with Crippen LogP contribution in [0.15, 0.2) is 18.3 Å². The third-order valence-corrected chi connectivity index (χ3v) is 2.89. The summed E-state index contributed by atoms with van der Waals surface area (Å²) in [7, 11) is 0. The molecular weight excluding hydrogens is 268 g/mol. The molecule has 21 heavy (non-hydrogen) atoms. The lowest BCUT2D eigenvalue weighted by atomic mass is 10.2. The molecule has 2 aromatic heterocycles. The summed E-state index contributed by atoms with van der Waals surface area (Å²) in [5, 5.41) is 13.7. The van der Waals surface area contributed by atoms with Crippen LogP contribution in [0.25, 0.3) is 0 Å². The van der Waals surface area contributed by atoms with Crippen molar-refractivity contribution < 1.29 is 4.79 Å². The molecule has 110 valence electrons. The van der Waals surface area contributed by atoms with Crippen LogP contribution in [0.1, 0.15) is 35.1 Å². The van der Waals surface area contributed by atoms with Gasteiger partial charge in [-0.25, -0.2) is 9.97 Å². The van der Waals surface area contributed by atoms with Crippen LogP contribution in [-0.2, 0) is 0 Å². The molecule has 0 saturated carbocycles. The molecule has 2 N–H and O–H groups in total. The molecule has 0 aliphatic heterocycles. The van der Waals surface area contributed by atoms with Crippen LogP contribution in [0, 0.1) is 13.8 Å². The SMILES string of the molecule is CCCNC(=O)c1ccc(Nc2nnc(C)c(C)n2)nc1. The van der Waals surface area contributed by atoms with Crippen LogP contribution in [0.5, 0.6) is 0 Å². The summed E-state index contributed by atoms with van der Waals surface area (Å²) in [5.74, 6) is 0.820. The zero-order chi connectivity index (χ0) is 15.2. The minimum atomic E-state index is -0.125. The lowest BCUT2D eigenvalue weighted by Gasteiger charge is -2.06. The maximum Gasteiger partial charge on any atom is 0.252 e. The predicted octanol–water partition coefficient (Wildman–Crippen LogP) is 1.77. The van der Waals surface area contributed by atoms with E-state index in [4.69, 9.17) is 0 Å². The van der Waals surface area contributed by atoms with Crippen LogP contribution in [-0.4, -0.2) is 32.6 Å². The Morgan fingerprint density at radius 3 is 2.62 bits per heavy atom. The topological polar surface area (TPSA) is 92.7 Å². The first-order valence-corrected chi connectivity index (χ1v) is 6.79. The van der Waals surface area contributed by atoms with Gasteiger partial charge < -0.3 is 10.6 Å². The zero-order valence-corrected chi connectivity index (χ0v) is 12.3. The van der Waals surface area contributed by atoms with E-state index < -0.39 is 0 Å². The van der Waals surface area contributed by atoms with Crippen molar-refractivity contribution in [2.45, 2.75) is 27.2 Å². The molecule has 0 fully saturated rings. The highest BCUT2D eigenvalue weighted by Gasteiger charge is 2.06. The number of anilines is 2. The minimum absolute atomic E-state index is 0.125. The molecule has 0 radical (unpaired) electrons. The number of aryl methyl sites for hydroxylation is 2. The van der Waals surface area contributed by atoms with Crippen molar-refractivity contribution in [3.63, 3.8) is 0 Å². The number of aromatic nitrogens is 4. The molecule has 0 atom stereocenters. The summed E-state index contributed by atoms with van der Waals surface area (Å²) in [4.78, 5) is 20.2. The quantitative estimate of drug-likeness (QED) is 0.870. The molecule has 1 amide bonds. The lowest BCUT2D eigenvalue weighted by molar-refractivity contribution is 0.0953. The van der Waals surface area contributed by atoms with Gasteiger partial charge in [-0.1, -0.05) is 6.92 Å². The molecule has 7 heteroatoms. The highest BCUT2D eigenvalue weighted by atomic mass is 16.1. The molecule has 0 aliphatic carbocycles. The minimum Gasteiger partial charge on any atom is -0.352 e. The van der Waals surface area contributed by atoms with E-state index in [1.54, 1.807) is 12.1 Å². The maximum atomic E-state index is 11.7. The Balaban J connectivity index is 2.05. The summed E-state index contributed by atoms with van der Waals surface area (Å²) in [6, 6.07) is 3.41. The number of carbonyl (C=O) groups is 1. The first-order valence-electron chi connectivity index (χ1n) is 6.79. The van der Waals surface area contributed by atoms with E-state index in [1.165, 1.54) is 6.20 Å². The number of hydrogen-bond acceptors (Lipinski definition) is 6. The van der Waals surface area contributed by atoms with Crippen LogP contribution >= 0.6 is 0 Å². The van der Waals surface area contributed by atoms with Crippen LogP contribution < -0.4 is 10.6 Å². The van der Waals surface area contributed by atoms with Gasteiger partial charge in [0.15, 0.2) is 0 Å². The first kappa shape index (κ1) is 14.8. The molecule has 2 heterocycles. The van der Waals surface area contributed by atoms with Gasteiger partial charge in [0.2, 0.25) is 5.95 Å². The Morgan fingerprint density at radius 2 is 2.00 bits per heavy atom. The number of amides is 1. The summed E-state index contributed by atoms with van der Waals surface area (Å²) in [6.45, 7) is 6.37. The van der Waals surface area contributed by atoms with Crippen molar-refractivity contribution in [3.05, 3.63) is 35.3 Å². The summed E-state index contributed by atoms with van der Waals surface area (Å²) >= 11 is 0. The fourth-order valence-electron chi connectivity index (χ4n) is 1.57. The number of nitrogens with zero attached hydrogens (tertiary/aromatic N) is 4. The van der Waals surface area contributed by atoms with E-state index in [0.717, 1.165) is 17.8 Å². The molecule has 0 bridgehead atoms. The summed E-state index contributed by atoms with van der Waals surface area (Å²) in [5.41, 5.74) is 2.12. The fourth-order valence-corrected chi connectivity index (χ4v) is 1.57. The highest BCUT2D eigenvalue weighted by molar-refractivity contribution is 5.94. The average molecular weight is 286 g/mol. The van der Waals surface area contributed by atoms with Crippen molar-refractivity contribution in [2.75, 3.05) is 11.9 Å². The molecule has 2 aromatic rings. The van der Waals surface area contributed by atoms with Gasteiger partial charge in [0.1, 0.15) is 5.82 Å². The molecule has 0 aromatic carbocycles. The van der Waals surface area contributed by atoms with E-state index in [2.05, 4.69) is 30.8 Å². The highest BCUT2D eigenvalue weighted by Crippen LogP contribution is 2.11. The van der Waals surface area contributed by atoms with Crippen molar-refractivity contribution >= 4 is 17.7 Å². The van der Waals surface area contributed by atoms with E-state index >= 15 is 0 Å². The van der Waals surface area contributed by atoms with Gasteiger partial charge >= 0.3 is 0 Å². The summed E-state index contributed by atoms with van der Waals surface area (Å²) < 4.78 is 0. The van der Waals surface area contributed by atoms with Crippen molar-refractivity contribution in [3.8, 4) is 0 Å². The predicted molar refractivity (Wildman–Crippen MR) is 79.4 cm³/mol. The van der Waals surface area contributed by atoms with E-state index in [0.29, 0.717) is 23.9 Å². The fraction of sp³-hybridized carbons (Fsp3) is 0.357. The third-order valence-electron chi connectivity index (χ3n) is 2.89. The second-order valence-electron chi connectivity index (χ2n) is 4.62. The molecule has 0 spiro atoms. The Kier molecular flexibility index (Phi) is 4.76. The van der Waals surface area contributed by atoms with Gasteiger partial charge in [-0.05, 0) is 32.4 Å². The molecule has 2 rings (SSSR count). The van der Waals surface area contributed by atoms with Crippen LogP contribution in [0.2, 0.25) is 0 Å². The Labute approximate surface area is 123 Å². The van der Waals surface area contributed by atoms with E-state index in [-0.39, 0.29) is 5.91 Å². The number of nitrogens with one attached hydrogen (secondary N) is 2. The number of carbonyl (C=O) groups excluding carboxylic acids is 1. The standard InChI is InChI=1S/C14H18N6O/c1-4-7-15-13(21)11-5-6-12(16-8-11)18-14-17-9(2)10(3)19-20-14/h5-6,8H,4,7H2,1-3H3,(H,15,21)(H,16,17,18,20). The van der Waals surface area contributed by atoms with E-state index in [1.807, 2.05) is 20.8 Å². The lowest BCUT2D eigenvalue weighted by Crippen LogP contribution is -2.24. The Bertz CT molecular complexity index is 626. The third kappa shape index (κ3) is 3.95. The smallest absolute Gasteiger partial charge is 0.252 e. The first-order chi connectivity index (χ1) is 10.1. The Morgan fingerprint density at radius 1 is 1.19 bits per heavy atom. The van der Waals surface area contributed by atoms with Gasteiger partial charge in [-0.3, -0.25) is 4.79 Å². The summed E-state index contributed by atoms with van der Waals surface area (Å²) in [6.07, 6.45) is 2.41. The number of pyridine rings is 1. The van der Waals surface area contributed by atoms with Gasteiger partial charge in [0, 0.05) is 12.7 Å². The number of rotatable bonds is 5. The van der Waals surface area contributed by atoms with Crippen molar-refractivity contribution in [1.82, 2.24) is 25.5 Å². The second-order valence-corrected chi connectivity index (χ2v) is 4.62. The number of hydrogen-bond donors (Lipinski definition) is 2. The largest absolute Gasteiger partial charge is 0.352 e. The van der Waals surface area contributed by atoms with Crippen molar-refractivity contribution in [1.29, 1.82) is 0 Å². The van der Waals surface area contributed by atoms with E-state index in [9.17, 15) is 4.79 Å². The van der Waals surface area contributed by atoms with Crippen molar-refractivity contribution in [2.24, 2.45) is 0 Å². The Hall–Kier alpha value is -2.57. The molecule has 0 saturated heterocycles. The molecule has 7 nitrogen and oxygen atoms in total. The molecule has 0 unspecified atom stereocenters. The second kappa shape index (κ2) is 6.74. The molecule has 0 aliphatic rings. The zero-order valence-electron chi connectivity index (χ0n) is 12.3. The average Bonchev–Trinajstić information content (AvgIpc) is 2.49. The monoisotopic (exact) mass is 286 g/mol. The van der Waals surface area contributed by atoms with Gasteiger partial charge in [0.25, 0.3) is 5.91 Å². The van der Waals surface area contributed by atoms with Crippen LogP contribution in [0.3, 0.4) is 0 Å². The van der Waals surface area contributed by atoms with Gasteiger partial charge in [-0.2, -0.15) is 5.10 Å². The normalized spacial score (nSPS) is 10.2. The van der Waals surface area contributed by atoms with Gasteiger partial charge in [0.05, 0.1) is 17.0 Å². The maximum absolute atomic E-state index is 11.7.